The highest BCUT2D eigenvalue weighted by atomic mass is 79.9. The molecule has 2 rings (SSSR count). The van der Waals surface area contributed by atoms with Crippen molar-refractivity contribution in [2.24, 2.45) is 0 Å². The van der Waals surface area contributed by atoms with Gasteiger partial charge in [-0.25, -0.2) is 4.79 Å². The van der Waals surface area contributed by atoms with Crippen molar-refractivity contribution in [1.29, 1.82) is 0 Å². The summed E-state index contributed by atoms with van der Waals surface area (Å²) in [6.07, 6.45) is 0. The number of aromatic carboxylic acids is 1. The van der Waals surface area contributed by atoms with Crippen molar-refractivity contribution in [1.82, 2.24) is 0 Å². The number of halogens is 1. The number of carbonyl (C=O) groups is 1. The van der Waals surface area contributed by atoms with E-state index in [-0.39, 0.29) is 5.56 Å². The van der Waals surface area contributed by atoms with Gasteiger partial charge in [-0.05, 0) is 45.8 Å². The zero-order chi connectivity index (χ0) is 13.3. The molecule has 2 aromatic rings. The lowest BCUT2D eigenvalue weighted by Crippen LogP contribution is -2.02. The maximum Gasteiger partial charge on any atom is 0.336 e. The summed E-state index contributed by atoms with van der Waals surface area (Å²) in [5, 5.41) is 9.21. The molecule has 0 fully saturated rings. The van der Waals surface area contributed by atoms with E-state index in [0.29, 0.717) is 21.4 Å². The molecule has 0 aliphatic carbocycles. The SMILES string of the molecule is Nc1ccc(-c2c(C(=O)O)ccc(N)c2Br)cc1. The van der Waals surface area contributed by atoms with E-state index in [9.17, 15) is 9.90 Å². The standard InChI is InChI=1S/C13H11BrN2O2/c14-12-10(16)6-5-9(13(17)18)11(12)7-1-3-8(15)4-2-7/h1-6H,15-16H2,(H,17,18). The molecule has 18 heavy (non-hydrogen) atoms. The Morgan fingerprint density at radius 2 is 1.67 bits per heavy atom. The molecule has 0 aliphatic heterocycles. The first kappa shape index (κ1) is 12.4. The average molecular weight is 307 g/mol. The van der Waals surface area contributed by atoms with Crippen LogP contribution in [0.5, 0.6) is 0 Å². The predicted molar refractivity (Wildman–Crippen MR) is 75.4 cm³/mol. The van der Waals surface area contributed by atoms with Crippen LogP contribution in [0.2, 0.25) is 0 Å². The maximum atomic E-state index is 11.2. The quantitative estimate of drug-likeness (QED) is 0.744. The van der Waals surface area contributed by atoms with Crippen LogP contribution in [-0.2, 0) is 0 Å². The zero-order valence-corrected chi connectivity index (χ0v) is 10.9. The van der Waals surface area contributed by atoms with Crippen molar-refractivity contribution >= 4 is 33.3 Å². The number of rotatable bonds is 2. The Morgan fingerprint density at radius 3 is 2.22 bits per heavy atom. The molecule has 2 aromatic carbocycles. The number of hydrogen-bond acceptors (Lipinski definition) is 3. The normalized spacial score (nSPS) is 10.3. The Balaban J connectivity index is 2.71. The summed E-state index contributed by atoms with van der Waals surface area (Å²) in [7, 11) is 0. The molecule has 0 atom stereocenters. The van der Waals surface area contributed by atoms with E-state index in [2.05, 4.69) is 15.9 Å². The van der Waals surface area contributed by atoms with Gasteiger partial charge in [-0.3, -0.25) is 0 Å². The monoisotopic (exact) mass is 306 g/mol. The smallest absolute Gasteiger partial charge is 0.336 e. The van der Waals surface area contributed by atoms with Gasteiger partial charge in [0.25, 0.3) is 0 Å². The lowest BCUT2D eigenvalue weighted by Gasteiger charge is -2.11. The summed E-state index contributed by atoms with van der Waals surface area (Å²) in [6.45, 7) is 0. The van der Waals surface area contributed by atoms with Crippen molar-refractivity contribution in [3.8, 4) is 11.1 Å². The minimum atomic E-state index is -0.998. The van der Waals surface area contributed by atoms with E-state index >= 15 is 0 Å². The third kappa shape index (κ3) is 2.17. The van der Waals surface area contributed by atoms with Gasteiger partial charge in [0, 0.05) is 21.4 Å². The Kier molecular flexibility index (Phi) is 3.25. The summed E-state index contributed by atoms with van der Waals surface area (Å²) >= 11 is 3.33. The van der Waals surface area contributed by atoms with E-state index in [1.165, 1.54) is 6.07 Å². The molecular weight excluding hydrogens is 296 g/mol. The van der Waals surface area contributed by atoms with Crippen LogP contribution in [0.3, 0.4) is 0 Å². The number of nitrogen functional groups attached to an aromatic ring is 2. The maximum absolute atomic E-state index is 11.2. The summed E-state index contributed by atoms with van der Waals surface area (Å²) in [6, 6.07) is 10.0. The van der Waals surface area contributed by atoms with Crippen LogP contribution in [0, 0.1) is 0 Å². The Hall–Kier alpha value is -2.01. The molecule has 5 N–H and O–H groups in total. The van der Waals surface area contributed by atoms with Crippen molar-refractivity contribution < 1.29 is 9.90 Å². The van der Waals surface area contributed by atoms with Gasteiger partial charge < -0.3 is 16.6 Å². The third-order valence-corrected chi connectivity index (χ3v) is 3.46. The number of nitrogens with two attached hydrogens (primary N) is 2. The van der Waals surface area contributed by atoms with E-state index < -0.39 is 5.97 Å². The molecule has 0 spiro atoms. The molecule has 5 heteroatoms. The molecule has 4 nitrogen and oxygen atoms in total. The second-order valence-corrected chi connectivity index (χ2v) is 4.61. The molecule has 0 saturated heterocycles. The van der Waals surface area contributed by atoms with Crippen molar-refractivity contribution in [2.45, 2.75) is 0 Å². The van der Waals surface area contributed by atoms with Gasteiger partial charge >= 0.3 is 5.97 Å². The minimum Gasteiger partial charge on any atom is -0.478 e. The van der Waals surface area contributed by atoms with Gasteiger partial charge in [-0.2, -0.15) is 0 Å². The fourth-order valence-electron chi connectivity index (χ4n) is 1.70. The molecule has 0 radical (unpaired) electrons. The van der Waals surface area contributed by atoms with Crippen molar-refractivity contribution in [3.05, 3.63) is 46.4 Å². The molecule has 0 aromatic heterocycles. The van der Waals surface area contributed by atoms with Gasteiger partial charge in [0.1, 0.15) is 0 Å². The number of carboxylic acids is 1. The third-order valence-electron chi connectivity index (χ3n) is 2.60. The van der Waals surface area contributed by atoms with Crippen LogP contribution in [0.25, 0.3) is 11.1 Å². The van der Waals surface area contributed by atoms with Crippen LogP contribution in [0.1, 0.15) is 10.4 Å². The topological polar surface area (TPSA) is 89.3 Å². The Morgan fingerprint density at radius 1 is 1.06 bits per heavy atom. The van der Waals surface area contributed by atoms with E-state index in [1.807, 2.05) is 0 Å². The van der Waals surface area contributed by atoms with Gasteiger partial charge in [0.15, 0.2) is 0 Å². The summed E-state index contributed by atoms with van der Waals surface area (Å²) < 4.78 is 0.576. The largest absolute Gasteiger partial charge is 0.478 e. The second kappa shape index (κ2) is 4.70. The number of benzene rings is 2. The molecule has 0 aliphatic rings. The van der Waals surface area contributed by atoms with Crippen LogP contribution in [0.15, 0.2) is 40.9 Å². The average Bonchev–Trinajstić information content (AvgIpc) is 2.33. The number of anilines is 2. The number of carboxylic acid groups (broad SMARTS) is 1. The summed E-state index contributed by atoms with van der Waals surface area (Å²) in [4.78, 5) is 11.2. The van der Waals surface area contributed by atoms with E-state index in [4.69, 9.17) is 11.5 Å². The first-order valence-electron chi connectivity index (χ1n) is 5.18. The van der Waals surface area contributed by atoms with Crippen molar-refractivity contribution in [3.63, 3.8) is 0 Å². The molecular formula is C13H11BrN2O2. The van der Waals surface area contributed by atoms with E-state index in [0.717, 1.165) is 5.56 Å². The van der Waals surface area contributed by atoms with Gasteiger partial charge in [0.05, 0.1) is 5.56 Å². The number of hydrogen-bond donors (Lipinski definition) is 3. The highest BCUT2D eigenvalue weighted by Crippen LogP contribution is 2.36. The highest BCUT2D eigenvalue weighted by molar-refractivity contribution is 9.10. The van der Waals surface area contributed by atoms with Crippen LogP contribution < -0.4 is 11.5 Å². The first-order valence-corrected chi connectivity index (χ1v) is 5.97. The molecule has 0 saturated carbocycles. The summed E-state index contributed by atoms with van der Waals surface area (Å²) in [5.74, 6) is -0.998. The zero-order valence-electron chi connectivity index (χ0n) is 9.35. The molecule has 0 amide bonds. The highest BCUT2D eigenvalue weighted by Gasteiger charge is 2.16. The predicted octanol–water partition coefficient (Wildman–Crippen LogP) is 2.98. The Bertz CT molecular complexity index is 609. The van der Waals surface area contributed by atoms with Crippen LogP contribution in [0.4, 0.5) is 11.4 Å². The van der Waals surface area contributed by atoms with E-state index in [1.54, 1.807) is 30.3 Å². The lowest BCUT2D eigenvalue weighted by molar-refractivity contribution is 0.0697. The fraction of sp³-hybridized carbons (Fsp3) is 0. The second-order valence-electron chi connectivity index (χ2n) is 3.82. The summed E-state index contributed by atoms with van der Waals surface area (Å²) in [5.41, 5.74) is 14.0. The molecule has 92 valence electrons. The van der Waals surface area contributed by atoms with Crippen LogP contribution >= 0.6 is 15.9 Å². The first-order chi connectivity index (χ1) is 8.50. The fourth-order valence-corrected chi connectivity index (χ4v) is 2.28. The molecule has 0 bridgehead atoms. The van der Waals surface area contributed by atoms with Crippen molar-refractivity contribution in [2.75, 3.05) is 11.5 Å². The van der Waals surface area contributed by atoms with Gasteiger partial charge in [-0.1, -0.05) is 12.1 Å². The minimum absolute atomic E-state index is 0.195. The van der Waals surface area contributed by atoms with Crippen LogP contribution in [-0.4, -0.2) is 11.1 Å². The molecule has 0 heterocycles. The van der Waals surface area contributed by atoms with Gasteiger partial charge in [0.2, 0.25) is 0 Å². The van der Waals surface area contributed by atoms with Gasteiger partial charge in [-0.15, -0.1) is 0 Å². The molecule has 0 unspecified atom stereocenters. The Labute approximate surface area is 112 Å². The lowest BCUT2D eigenvalue weighted by atomic mass is 9.99.